The van der Waals surface area contributed by atoms with Crippen molar-refractivity contribution in [1.29, 1.82) is 0 Å². The second kappa shape index (κ2) is 7.51. The van der Waals surface area contributed by atoms with E-state index in [0.717, 1.165) is 31.6 Å². The molecule has 1 aromatic rings. The van der Waals surface area contributed by atoms with Crippen LogP contribution in [0.3, 0.4) is 0 Å². The topological polar surface area (TPSA) is 44.5 Å². The molecule has 6 heteroatoms. The van der Waals surface area contributed by atoms with Gasteiger partial charge in [-0.05, 0) is 57.7 Å². The summed E-state index contributed by atoms with van der Waals surface area (Å²) in [6, 6.07) is 5.31. The van der Waals surface area contributed by atoms with Gasteiger partial charge in [-0.3, -0.25) is 11.3 Å². The lowest BCUT2D eigenvalue weighted by Crippen LogP contribution is -2.55. The molecule has 0 saturated carbocycles. The van der Waals surface area contributed by atoms with E-state index in [0.29, 0.717) is 12.5 Å². The van der Waals surface area contributed by atoms with E-state index in [9.17, 15) is 4.39 Å². The van der Waals surface area contributed by atoms with Crippen molar-refractivity contribution in [2.45, 2.75) is 24.9 Å². The van der Waals surface area contributed by atoms with Crippen LogP contribution in [0.1, 0.15) is 12.0 Å². The summed E-state index contributed by atoms with van der Waals surface area (Å²) in [4.78, 5) is 4.65. The van der Waals surface area contributed by atoms with Gasteiger partial charge in [0.2, 0.25) is 0 Å². The fourth-order valence-electron chi connectivity index (χ4n) is 2.97. The third-order valence-electron chi connectivity index (χ3n) is 4.23. The molecule has 1 aromatic carbocycles. The minimum Gasteiger partial charge on any atom is -0.305 e. The van der Waals surface area contributed by atoms with Crippen molar-refractivity contribution in [3.8, 4) is 0 Å². The second-order valence-corrected chi connectivity index (χ2v) is 6.30. The van der Waals surface area contributed by atoms with Crippen LogP contribution < -0.4 is 11.3 Å². The zero-order chi connectivity index (χ0) is 15.4. The Hall–Kier alpha value is -0.720. The number of nitrogens with one attached hydrogen (secondary N) is 1. The summed E-state index contributed by atoms with van der Waals surface area (Å²) in [5.41, 5.74) is 3.81. The van der Waals surface area contributed by atoms with E-state index in [1.54, 1.807) is 6.07 Å². The first-order chi connectivity index (χ1) is 10.0. The lowest BCUT2D eigenvalue weighted by Gasteiger charge is -2.34. The molecular weight excluding hydrogens is 291 g/mol. The number of benzene rings is 1. The third-order valence-corrected chi connectivity index (χ3v) is 4.54. The predicted molar refractivity (Wildman–Crippen MR) is 84.8 cm³/mol. The van der Waals surface area contributed by atoms with Gasteiger partial charge in [0.25, 0.3) is 0 Å². The highest BCUT2D eigenvalue weighted by molar-refractivity contribution is 6.30. The van der Waals surface area contributed by atoms with Crippen LogP contribution in [0.5, 0.6) is 0 Å². The monoisotopic (exact) mass is 314 g/mol. The van der Waals surface area contributed by atoms with E-state index < -0.39 is 0 Å². The van der Waals surface area contributed by atoms with E-state index >= 15 is 0 Å². The Kier molecular flexibility index (Phi) is 5.96. The van der Waals surface area contributed by atoms with Crippen molar-refractivity contribution in [1.82, 2.24) is 15.2 Å². The van der Waals surface area contributed by atoms with Crippen molar-refractivity contribution < 1.29 is 4.39 Å². The van der Waals surface area contributed by atoms with Gasteiger partial charge in [0, 0.05) is 18.6 Å². The van der Waals surface area contributed by atoms with E-state index in [1.165, 1.54) is 6.07 Å². The van der Waals surface area contributed by atoms with Crippen molar-refractivity contribution in [3.63, 3.8) is 0 Å². The lowest BCUT2D eigenvalue weighted by atomic mass is 9.98. The van der Waals surface area contributed by atoms with Crippen LogP contribution in [0.25, 0.3) is 0 Å². The quantitative estimate of drug-likeness (QED) is 0.653. The largest absolute Gasteiger partial charge is 0.305 e. The van der Waals surface area contributed by atoms with Crippen LogP contribution in [-0.4, -0.2) is 55.6 Å². The molecule has 2 atom stereocenters. The maximum absolute atomic E-state index is 13.6. The fourth-order valence-corrected chi connectivity index (χ4v) is 3.08. The summed E-state index contributed by atoms with van der Waals surface area (Å²) in [7, 11) is 4.25. The molecule has 0 spiro atoms. The molecule has 21 heavy (non-hydrogen) atoms. The zero-order valence-corrected chi connectivity index (χ0v) is 13.4. The number of hydrogen-bond donors (Lipinski definition) is 2. The molecule has 1 fully saturated rings. The van der Waals surface area contributed by atoms with Gasteiger partial charge in [0.15, 0.2) is 0 Å². The molecule has 2 unspecified atom stereocenters. The number of nitrogens with two attached hydrogens (primary N) is 1. The molecule has 1 saturated heterocycles. The molecule has 2 rings (SSSR count). The average Bonchev–Trinajstić information content (AvgIpc) is 2.61. The Morgan fingerprint density at radius 2 is 2.19 bits per heavy atom. The van der Waals surface area contributed by atoms with Crippen molar-refractivity contribution >= 4 is 11.6 Å². The van der Waals surface area contributed by atoms with E-state index in [1.807, 2.05) is 6.07 Å². The van der Waals surface area contributed by atoms with Crippen LogP contribution in [-0.2, 0) is 6.42 Å². The van der Waals surface area contributed by atoms with Gasteiger partial charge in [0.05, 0.1) is 5.02 Å². The molecule has 0 aliphatic carbocycles. The Morgan fingerprint density at radius 3 is 2.86 bits per heavy atom. The Labute approximate surface area is 131 Å². The molecule has 0 bridgehead atoms. The van der Waals surface area contributed by atoms with Crippen LogP contribution in [0, 0.1) is 5.82 Å². The first-order valence-electron chi connectivity index (χ1n) is 7.30. The molecule has 0 aromatic heterocycles. The number of halogens is 2. The van der Waals surface area contributed by atoms with Crippen LogP contribution >= 0.6 is 11.6 Å². The Balaban J connectivity index is 2.11. The Morgan fingerprint density at radius 1 is 1.43 bits per heavy atom. The van der Waals surface area contributed by atoms with Crippen molar-refractivity contribution in [2.24, 2.45) is 5.84 Å². The van der Waals surface area contributed by atoms with Crippen LogP contribution in [0.2, 0.25) is 5.02 Å². The van der Waals surface area contributed by atoms with Crippen molar-refractivity contribution in [3.05, 3.63) is 34.6 Å². The van der Waals surface area contributed by atoms with Gasteiger partial charge in [-0.1, -0.05) is 17.7 Å². The van der Waals surface area contributed by atoms with Crippen molar-refractivity contribution in [2.75, 3.05) is 33.7 Å². The molecule has 0 radical (unpaired) electrons. The number of nitrogens with zero attached hydrogens (tertiary/aromatic N) is 2. The van der Waals surface area contributed by atoms with E-state index in [4.69, 9.17) is 17.4 Å². The molecule has 1 aliphatic heterocycles. The lowest BCUT2D eigenvalue weighted by molar-refractivity contribution is 0.177. The fraction of sp³-hybridized carbons (Fsp3) is 0.600. The average molecular weight is 315 g/mol. The van der Waals surface area contributed by atoms with Gasteiger partial charge < -0.3 is 9.80 Å². The standard InChI is InChI=1S/C15H24ClFN4/c1-20-6-3-7-21(2)15(10-20)14(19-18)9-11-4-5-12(16)13(17)8-11/h4-5,8,14-15,19H,3,6-7,9-10,18H2,1-2H3. The number of likely N-dealkylation sites (N-methyl/N-ethyl adjacent to an activating group) is 2. The summed E-state index contributed by atoms with van der Waals surface area (Å²) >= 11 is 5.73. The van der Waals surface area contributed by atoms with E-state index in [-0.39, 0.29) is 16.9 Å². The molecular formula is C15H24ClFN4. The Bertz CT molecular complexity index is 471. The maximum atomic E-state index is 13.6. The number of hydrogen-bond acceptors (Lipinski definition) is 4. The predicted octanol–water partition coefficient (Wildman–Crippen LogP) is 1.49. The normalized spacial score (nSPS) is 23.0. The highest BCUT2D eigenvalue weighted by atomic mass is 35.5. The third kappa shape index (κ3) is 4.37. The number of hydrazine groups is 1. The zero-order valence-electron chi connectivity index (χ0n) is 12.6. The van der Waals surface area contributed by atoms with Crippen LogP contribution in [0.4, 0.5) is 4.39 Å². The van der Waals surface area contributed by atoms with Gasteiger partial charge in [-0.2, -0.15) is 0 Å². The second-order valence-electron chi connectivity index (χ2n) is 5.89. The highest BCUT2D eigenvalue weighted by Gasteiger charge is 2.28. The molecule has 4 nitrogen and oxygen atoms in total. The molecule has 0 amide bonds. The summed E-state index contributed by atoms with van der Waals surface area (Å²) in [5.74, 6) is 5.38. The van der Waals surface area contributed by atoms with Gasteiger partial charge in [-0.25, -0.2) is 4.39 Å². The van der Waals surface area contributed by atoms with Gasteiger partial charge in [-0.15, -0.1) is 0 Å². The molecule has 118 valence electrons. The molecule has 1 aliphatic rings. The summed E-state index contributed by atoms with van der Waals surface area (Å²) in [5, 5.41) is 0.155. The molecule has 3 N–H and O–H groups in total. The van der Waals surface area contributed by atoms with Gasteiger partial charge in [0.1, 0.15) is 5.82 Å². The summed E-state index contributed by atoms with van der Waals surface area (Å²) in [6.45, 7) is 3.08. The first kappa shape index (κ1) is 16.6. The SMILES string of the molecule is CN1CCCN(C)C(C(Cc2ccc(Cl)c(F)c2)NN)C1. The van der Waals surface area contributed by atoms with Gasteiger partial charge >= 0.3 is 0 Å². The first-order valence-corrected chi connectivity index (χ1v) is 7.68. The summed E-state index contributed by atoms with van der Waals surface area (Å²) < 4.78 is 13.6. The number of rotatable bonds is 4. The maximum Gasteiger partial charge on any atom is 0.142 e. The summed E-state index contributed by atoms with van der Waals surface area (Å²) in [6.07, 6.45) is 1.82. The minimum atomic E-state index is -0.378. The highest BCUT2D eigenvalue weighted by Crippen LogP contribution is 2.19. The smallest absolute Gasteiger partial charge is 0.142 e. The molecule has 1 heterocycles. The van der Waals surface area contributed by atoms with E-state index in [2.05, 4.69) is 29.3 Å². The van der Waals surface area contributed by atoms with Crippen LogP contribution in [0.15, 0.2) is 18.2 Å². The minimum absolute atomic E-state index is 0.0659.